The van der Waals surface area contributed by atoms with Crippen molar-refractivity contribution >= 4 is 39.3 Å². The molecule has 1 atom stereocenters. The van der Waals surface area contributed by atoms with Gasteiger partial charge in [0.15, 0.2) is 4.80 Å². The van der Waals surface area contributed by atoms with Gasteiger partial charge in [-0.2, -0.15) is 5.26 Å². The largest absolute Gasteiger partial charge is 0.496 e. The highest BCUT2D eigenvalue weighted by Gasteiger charge is 2.36. The Bertz CT molecular complexity index is 1890. The zero-order valence-electron chi connectivity index (χ0n) is 22.6. The van der Waals surface area contributed by atoms with Crippen molar-refractivity contribution in [3.63, 3.8) is 0 Å². The van der Waals surface area contributed by atoms with E-state index < -0.39 is 12.0 Å². The van der Waals surface area contributed by atoms with Crippen LogP contribution in [0.1, 0.15) is 49.6 Å². The fraction of sp³-hybridized carbons (Fsp3) is 0.226. The van der Waals surface area contributed by atoms with Crippen LogP contribution >= 0.6 is 27.3 Å². The number of nitrogens with zero attached hydrogens (tertiary/aromatic N) is 3. The maximum absolute atomic E-state index is 14.0. The third kappa shape index (κ3) is 5.43. The number of halogens is 1. The van der Waals surface area contributed by atoms with Crippen molar-refractivity contribution < 1.29 is 18.7 Å². The summed E-state index contributed by atoms with van der Waals surface area (Å²) in [5.74, 6) is 0.979. The molecule has 41 heavy (non-hydrogen) atoms. The van der Waals surface area contributed by atoms with E-state index in [4.69, 9.17) is 18.9 Å². The van der Waals surface area contributed by atoms with Crippen molar-refractivity contribution in [1.29, 1.82) is 5.26 Å². The maximum Gasteiger partial charge on any atom is 0.338 e. The first kappa shape index (κ1) is 28.3. The predicted molar refractivity (Wildman–Crippen MR) is 159 cm³/mol. The molecule has 2 aromatic heterocycles. The molecule has 2 aromatic carbocycles. The van der Waals surface area contributed by atoms with E-state index in [1.54, 1.807) is 50.4 Å². The van der Waals surface area contributed by atoms with Gasteiger partial charge < -0.3 is 13.9 Å². The Morgan fingerprint density at radius 3 is 2.76 bits per heavy atom. The number of ether oxygens (including phenoxy) is 2. The monoisotopic (exact) mass is 631 g/mol. The molecule has 0 N–H and O–H groups in total. The number of rotatable bonds is 8. The topological polar surface area (TPSA) is 107 Å². The third-order valence-electron chi connectivity index (χ3n) is 6.59. The lowest BCUT2D eigenvalue weighted by Gasteiger charge is -2.27. The second-order valence-corrected chi connectivity index (χ2v) is 11.1. The predicted octanol–water partition coefficient (Wildman–Crippen LogP) is 5.48. The summed E-state index contributed by atoms with van der Waals surface area (Å²) in [6, 6.07) is 17.5. The van der Waals surface area contributed by atoms with Crippen molar-refractivity contribution in [1.82, 2.24) is 4.57 Å². The van der Waals surface area contributed by atoms with E-state index in [0.29, 0.717) is 61.0 Å². The second kappa shape index (κ2) is 12.1. The van der Waals surface area contributed by atoms with E-state index in [9.17, 15) is 14.9 Å². The highest BCUT2D eigenvalue weighted by Crippen LogP contribution is 2.38. The van der Waals surface area contributed by atoms with E-state index in [1.807, 2.05) is 31.2 Å². The van der Waals surface area contributed by atoms with Crippen LogP contribution < -0.4 is 19.6 Å². The summed E-state index contributed by atoms with van der Waals surface area (Å²) in [7, 11) is 1.55. The van der Waals surface area contributed by atoms with Gasteiger partial charge in [-0.15, -0.1) is 0 Å². The first-order chi connectivity index (χ1) is 19.9. The van der Waals surface area contributed by atoms with Crippen molar-refractivity contribution in [2.24, 2.45) is 4.99 Å². The van der Waals surface area contributed by atoms with E-state index in [2.05, 4.69) is 22.0 Å². The first-order valence-corrected chi connectivity index (χ1v) is 14.7. The van der Waals surface area contributed by atoms with Crippen LogP contribution in [-0.4, -0.2) is 24.3 Å². The van der Waals surface area contributed by atoms with Crippen LogP contribution in [-0.2, 0) is 9.53 Å². The summed E-state index contributed by atoms with van der Waals surface area (Å²) in [6.07, 6.45) is 2.94. The molecule has 0 aliphatic carbocycles. The van der Waals surface area contributed by atoms with Crippen molar-refractivity contribution in [3.8, 4) is 23.1 Å². The van der Waals surface area contributed by atoms with Gasteiger partial charge in [0, 0.05) is 21.7 Å². The van der Waals surface area contributed by atoms with Crippen molar-refractivity contribution in [2.75, 3.05) is 13.7 Å². The molecule has 0 unspecified atom stereocenters. The SMILES string of the molecule is CCCC1=C(C(=O)OCC)[C@@H](c2cc(Br)ccc2OC)n2c(s/c(=C/c3ccc(-c4ccccc4C#N)o3)c2=O)=N1. The number of esters is 1. The highest BCUT2D eigenvalue weighted by atomic mass is 79.9. The Labute approximate surface area is 248 Å². The molecule has 1 aliphatic rings. The maximum atomic E-state index is 14.0. The highest BCUT2D eigenvalue weighted by molar-refractivity contribution is 9.10. The molecule has 0 amide bonds. The van der Waals surface area contributed by atoms with Crippen LogP contribution in [0.5, 0.6) is 5.75 Å². The zero-order chi connectivity index (χ0) is 29.1. The Morgan fingerprint density at radius 1 is 1.22 bits per heavy atom. The van der Waals surface area contributed by atoms with Gasteiger partial charge >= 0.3 is 5.97 Å². The van der Waals surface area contributed by atoms with E-state index in [1.165, 1.54) is 15.9 Å². The minimum absolute atomic E-state index is 0.185. The summed E-state index contributed by atoms with van der Waals surface area (Å²) >= 11 is 4.75. The Morgan fingerprint density at radius 2 is 2.02 bits per heavy atom. The molecule has 10 heteroatoms. The normalized spacial score (nSPS) is 14.8. The molecule has 8 nitrogen and oxygen atoms in total. The van der Waals surface area contributed by atoms with Crippen LogP contribution in [0.4, 0.5) is 0 Å². The smallest absolute Gasteiger partial charge is 0.338 e. The molecule has 0 bridgehead atoms. The number of benzene rings is 2. The molecule has 1 aliphatic heterocycles. The lowest BCUT2D eigenvalue weighted by atomic mass is 9.93. The van der Waals surface area contributed by atoms with E-state index in [-0.39, 0.29) is 12.2 Å². The fourth-order valence-electron chi connectivity index (χ4n) is 4.83. The Balaban J connectivity index is 1.72. The van der Waals surface area contributed by atoms with Crippen molar-refractivity contribution in [3.05, 3.63) is 107 Å². The number of carbonyl (C=O) groups excluding carboxylic acids is 1. The van der Waals surface area contributed by atoms with Gasteiger partial charge in [0.25, 0.3) is 5.56 Å². The number of hydrogen-bond donors (Lipinski definition) is 0. The summed E-state index contributed by atoms with van der Waals surface area (Å²) in [6.45, 7) is 3.94. The first-order valence-electron chi connectivity index (χ1n) is 13.0. The van der Waals surface area contributed by atoms with Gasteiger partial charge in [-0.3, -0.25) is 9.36 Å². The Hall–Kier alpha value is -4.20. The molecule has 5 rings (SSSR count). The number of aromatic nitrogens is 1. The fourth-order valence-corrected chi connectivity index (χ4v) is 6.21. The van der Waals surface area contributed by atoms with Gasteiger partial charge in [-0.05, 0) is 55.8 Å². The van der Waals surface area contributed by atoms with E-state index >= 15 is 0 Å². The van der Waals surface area contributed by atoms with Gasteiger partial charge in [0.2, 0.25) is 0 Å². The quantitative estimate of drug-likeness (QED) is 0.238. The summed E-state index contributed by atoms with van der Waals surface area (Å²) in [4.78, 5) is 32.7. The second-order valence-electron chi connectivity index (χ2n) is 9.16. The van der Waals surface area contributed by atoms with E-state index in [0.717, 1.165) is 10.9 Å². The molecule has 0 saturated carbocycles. The third-order valence-corrected chi connectivity index (χ3v) is 8.07. The van der Waals surface area contributed by atoms with Gasteiger partial charge in [-0.1, -0.05) is 52.7 Å². The number of methoxy groups -OCH3 is 1. The molecular weight excluding hydrogens is 606 g/mol. The number of hydrogen-bond acceptors (Lipinski definition) is 8. The minimum atomic E-state index is -0.809. The van der Waals surface area contributed by atoms with Crippen molar-refractivity contribution in [2.45, 2.75) is 32.7 Å². The molecule has 208 valence electrons. The van der Waals surface area contributed by atoms with Gasteiger partial charge in [-0.25, -0.2) is 9.79 Å². The minimum Gasteiger partial charge on any atom is -0.496 e. The Kier molecular flexibility index (Phi) is 8.38. The standard InChI is InChI=1S/C31H26BrN3O5S/c1-4-8-23-27(30(37)39-5-2)28(22-15-19(32)11-13-24(22)38-3)35-29(36)26(41-31(35)34-23)16-20-12-14-25(40-20)21-10-7-6-9-18(21)17-33/h6-7,9-16,28H,4-5,8H2,1-3H3/b26-16+/t28-/m1/s1. The molecular formula is C31H26BrN3O5S. The number of furan rings is 1. The molecule has 0 saturated heterocycles. The summed E-state index contributed by atoms with van der Waals surface area (Å²) in [5.41, 5.74) is 2.37. The average Bonchev–Trinajstić information content (AvgIpc) is 3.56. The summed E-state index contributed by atoms with van der Waals surface area (Å²) in [5, 5.41) is 9.48. The molecule has 0 spiro atoms. The number of allylic oxidation sites excluding steroid dienone is 1. The van der Waals surface area contributed by atoms with Gasteiger partial charge in [0.05, 0.1) is 41.2 Å². The number of fused-ring (bicyclic) bond motifs is 1. The van der Waals surface area contributed by atoms with Crippen LogP contribution in [0.15, 0.2) is 84.5 Å². The lowest BCUT2D eigenvalue weighted by molar-refractivity contribution is -0.139. The van der Waals surface area contributed by atoms with Crippen LogP contribution in [0, 0.1) is 11.3 Å². The molecule has 0 fully saturated rings. The van der Waals surface area contributed by atoms with Crippen LogP contribution in [0.3, 0.4) is 0 Å². The van der Waals surface area contributed by atoms with Crippen LogP contribution in [0.25, 0.3) is 17.4 Å². The zero-order valence-corrected chi connectivity index (χ0v) is 25.0. The lowest BCUT2D eigenvalue weighted by Crippen LogP contribution is -2.40. The van der Waals surface area contributed by atoms with Gasteiger partial charge in [0.1, 0.15) is 23.3 Å². The summed E-state index contributed by atoms with van der Waals surface area (Å²) < 4.78 is 19.9. The number of thiazole rings is 1. The molecule has 0 radical (unpaired) electrons. The molecule has 3 heterocycles. The average molecular weight is 633 g/mol. The molecule has 4 aromatic rings. The number of carbonyl (C=O) groups is 1. The van der Waals surface area contributed by atoms with Crippen LogP contribution in [0.2, 0.25) is 0 Å². The number of nitriles is 1.